The molecule has 8 aromatic rings. The van der Waals surface area contributed by atoms with Crippen LogP contribution in [0.4, 0.5) is 4.79 Å². The molecule has 0 aliphatic carbocycles. The molecule has 77 heavy (non-hydrogen) atoms. The number of phenols is 2. The van der Waals surface area contributed by atoms with Crippen LogP contribution < -0.4 is 15.2 Å². The maximum atomic E-state index is 11.0. The van der Waals surface area contributed by atoms with Crippen LogP contribution in [-0.4, -0.2) is 77.7 Å². The van der Waals surface area contributed by atoms with E-state index >= 15 is 0 Å². The first-order valence-corrected chi connectivity index (χ1v) is 26.3. The van der Waals surface area contributed by atoms with Gasteiger partial charge in [-0.15, -0.1) is 0 Å². The summed E-state index contributed by atoms with van der Waals surface area (Å²) < 4.78 is 16.4. The number of primary amides is 1. The first kappa shape index (κ1) is 56.5. The van der Waals surface area contributed by atoms with Crippen LogP contribution in [0, 0.1) is 55.4 Å². The van der Waals surface area contributed by atoms with E-state index in [1.165, 1.54) is 11.1 Å². The van der Waals surface area contributed by atoms with Crippen LogP contribution in [0.15, 0.2) is 109 Å². The van der Waals surface area contributed by atoms with Gasteiger partial charge < -0.3 is 35.3 Å². The molecule has 8 rings (SSSR count). The molecular weight excluding hydrogens is 967 g/mol. The molecule has 0 bridgehead atoms. The zero-order valence-corrected chi connectivity index (χ0v) is 45.6. The fourth-order valence-electron chi connectivity index (χ4n) is 8.99. The highest BCUT2D eigenvalue weighted by Gasteiger charge is 2.20. The molecule has 14 nitrogen and oxygen atoms in total. The van der Waals surface area contributed by atoms with Crippen molar-refractivity contribution in [1.82, 2.24) is 29.9 Å². The number of aliphatic hydroxyl groups excluding tert-OH is 1. The second kappa shape index (κ2) is 27.0. The summed E-state index contributed by atoms with van der Waals surface area (Å²) in [6, 6.07) is 35.2. The number of aromatic nitrogens is 6. The van der Waals surface area contributed by atoms with Gasteiger partial charge in [0, 0.05) is 41.0 Å². The molecule has 1 amide bonds. The zero-order valence-electron chi connectivity index (χ0n) is 45.6. The Hall–Kier alpha value is -8.23. The fourth-order valence-corrected chi connectivity index (χ4v) is 8.99. The summed E-state index contributed by atoms with van der Waals surface area (Å²) in [6.07, 6.45) is 6.39. The van der Waals surface area contributed by atoms with E-state index in [0.29, 0.717) is 77.4 Å². The van der Waals surface area contributed by atoms with Gasteiger partial charge in [0.1, 0.15) is 23.0 Å². The molecule has 0 aliphatic rings. The lowest BCUT2D eigenvalue weighted by Crippen LogP contribution is -2.13. The van der Waals surface area contributed by atoms with E-state index in [-0.39, 0.29) is 18.1 Å². The Morgan fingerprint density at radius 3 is 0.961 bits per heavy atom. The van der Waals surface area contributed by atoms with Crippen molar-refractivity contribution in [3.63, 3.8) is 0 Å². The topological polar surface area (TPSA) is 209 Å². The largest absolute Gasteiger partial charge is 0.507 e. The number of aryl methyl sites for hydroxylation is 8. The number of benzene rings is 6. The number of rotatable bonds is 21. The van der Waals surface area contributed by atoms with Crippen LogP contribution in [0.5, 0.6) is 23.0 Å². The minimum absolute atomic E-state index is 0.0328. The minimum atomic E-state index is -0.744. The van der Waals surface area contributed by atoms with Crippen LogP contribution in [0.25, 0.3) is 68.3 Å². The van der Waals surface area contributed by atoms with Crippen molar-refractivity contribution in [2.24, 2.45) is 5.73 Å². The number of hydrogen-bond donors (Lipinski definition) is 4. The van der Waals surface area contributed by atoms with Crippen LogP contribution in [-0.2, 0) is 4.74 Å². The van der Waals surface area contributed by atoms with Crippen LogP contribution in [0.3, 0.4) is 0 Å². The van der Waals surface area contributed by atoms with Gasteiger partial charge in [-0.2, -0.15) is 0 Å². The smallest absolute Gasteiger partial charge is 0.404 e. The highest BCUT2D eigenvalue weighted by molar-refractivity contribution is 5.74. The Labute approximate surface area is 452 Å². The SMILES string of the molecule is Cc1ccc(-c2nc(-c3ccc(C)cc3C)nc(-c3ccc(OCCCCCCO)cc3O)n2)c(C)c1.Cc1ccc(-c2nc(-c3ccc(C)cc3C)nc(-c3ccc(OCCCCCCOC(N)=O)cc3O)n2)c(C)c1. The van der Waals surface area contributed by atoms with Gasteiger partial charge in [-0.05, 0) is 147 Å². The molecular formula is C63H71N7O7. The van der Waals surface area contributed by atoms with Crippen molar-refractivity contribution in [2.45, 2.75) is 107 Å². The molecule has 6 aromatic carbocycles. The Morgan fingerprint density at radius 2 is 0.675 bits per heavy atom. The quantitative estimate of drug-likeness (QED) is 0.0494. The fraction of sp³-hybridized carbons (Fsp3) is 0.317. The summed E-state index contributed by atoms with van der Waals surface area (Å²) in [5.74, 6) is 4.30. The van der Waals surface area contributed by atoms with Crippen molar-refractivity contribution in [1.29, 1.82) is 0 Å². The Kier molecular flexibility index (Phi) is 19.8. The van der Waals surface area contributed by atoms with Gasteiger partial charge in [-0.1, -0.05) is 101 Å². The average Bonchev–Trinajstić information content (AvgIpc) is 3.42. The number of phenolic OH excluding ortho intramolecular Hbond substituents is 2. The summed E-state index contributed by atoms with van der Waals surface area (Å²) >= 11 is 0. The van der Waals surface area contributed by atoms with Crippen molar-refractivity contribution in [2.75, 3.05) is 26.4 Å². The van der Waals surface area contributed by atoms with Crippen LogP contribution >= 0.6 is 0 Å². The highest BCUT2D eigenvalue weighted by Crippen LogP contribution is 2.36. The number of amides is 1. The van der Waals surface area contributed by atoms with E-state index in [1.54, 1.807) is 24.3 Å². The third-order valence-corrected chi connectivity index (χ3v) is 13.1. The number of aromatic hydroxyl groups is 2. The van der Waals surface area contributed by atoms with E-state index in [1.807, 2.05) is 62.4 Å². The van der Waals surface area contributed by atoms with Gasteiger partial charge >= 0.3 is 6.09 Å². The number of hydrogen-bond acceptors (Lipinski definition) is 13. The lowest BCUT2D eigenvalue weighted by Gasteiger charge is -2.13. The van der Waals surface area contributed by atoms with Crippen LogP contribution in [0.1, 0.15) is 95.9 Å². The van der Waals surface area contributed by atoms with E-state index in [4.69, 9.17) is 55.0 Å². The van der Waals surface area contributed by atoms with E-state index in [9.17, 15) is 15.0 Å². The number of ether oxygens (including phenoxy) is 3. The summed E-state index contributed by atoms with van der Waals surface area (Å²) in [5, 5.41) is 30.8. The second-order valence-corrected chi connectivity index (χ2v) is 19.7. The lowest BCUT2D eigenvalue weighted by atomic mass is 10.0. The summed E-state index contributed by atoms with van der Waals surface area (Å²) in [7, 11) is 0. The maximum absolute atomic E-state index is 11.0. The number of carbonyl (C=O) groups is 1. The predicted octanol–water partition coefficient (Wildman–Crippen LogP) is 13.6. The predicted molar refractivity (Wildman–Crippen MR) is 304 cm³/mol. The molecule has 2 aromatic heterocycles. The highest BCUT2D eigenvalue weighted by atomic mass is 16.5. The molecule has 2 heterocycles. The summed E-state index contributed by atoms with van der Waals surface area (Å²) in [6.45, 7) is 18.1. The molecule has 0 unspecified atom stereocenters. The lowest BCUT2D eigenvalue weighted by molar-refractivity contribution is 0.154. The zero-order chi connectivity index (χ0) is 55.0. The Bertz CT molecular complexity index is 3190. The number of nitrogens with zero attached hydrogens (tertiary/aromatic N) is 6. The first-order chi connectivity index (χ1) is 37.1. The van der Waals surface area contributed by atoms with E-state index < -0.39 is 6.09 Å². The molecule has 14 heteroatoms. The Balaban J connectivity index is 0.000000224. The van der Waals surface area contributed by atoms with Crippen molar-refractivity contribution < 1.29 is 34.3 Å². The van der Waals surface area contributed by atoms with Crippen molar-refractivity contribution in [3.05, 3.63) is 154 Å². The van der Waals surface area contributed by atoms with Crippen LogP contribution in [0.2, 0.25) is 0 Å². The third kappa shape index (κ3) is 15.7. The number of carbonyl (C=O) groups excluding carboxylic acids is 1. The van der Waals surface area contributed by atoms with Gasteiger partial charge in [-0.25, -0.2) is 34.7 Å². The number of unbranched alkanes of at least 4 members (excludes halogenated alkanes) is 6. The minimum Gasteiger partial charge on any atom is -0.507 e. The number of aliphatic hydroxyl groups is 1. The van der Waals surface area contributed by atoms with E-state index in [2.05, 4.69) is 77.9 Å². The monoisotopic (exact) mass is 1040 g/mol. The molecule has 400 valence electrons. The van der Waals surface area contributed by atoms with Gasteiger partial charge in [0.05, 0.1) is 30.9 Å². The molecule has 0 saturated carbocycles. The maximum Gasteiger partial charge on any atom is 0.404 e. The van der Waals surface area contributed by atoms with Gasteiger partial charge in [0.2, 0.25) is 0 Å². The van der Waals surface area contributed by atoms with E-state index in [0.717, 1.165) is 107 Å². The van der Waals surface area contributed by atoms with Crippen molar-refractivity contribution in [3.8, 4) is 91.3 Å². The normalized spacial score (nSPS) is 11.0. The average molecular weight is 1040 g/mol. The van der Waals surface area contributed by atoms with Gasteiger partial charge in [0.25, 0.3) is 0 Å². The number of nitrogens with two attached hydrogens (primary N) is 1. The molecule has 0 radical (unpaired) electrons. The second-order valence-electron chi connectivity index (χ2n) is 19.7. The molecule has 0 saturated heterocycles. The molecule has 0 aliphatic heterocycles. The van der Waals surface area contributed by atoms with Gasteiger partial charge in [0.15, 0.2) is 34.9 Å². The molecule has 5 N–H and O–H groups in total. The molecule has 0 spiro atoms. The molecule has 0 atom stereocenters. The van der Waals surface area contributed by atoms with Gasteiger partial charge in [-0.3, -0.25) is 0 Å². The summed E-state index contributed by atoms with van der Waals surface area (Å²) in [5.41, 5.74) is 18.6. The van der Waals surface area contributed by atoms with Crippen molar-refractivity contribution >= 4 is 6.09 Å². The third-order valence-electron chi connectivity index (χ3n) is 13.1. The summed E-state index contributed by atoms with van der Waals surface area (Å²) in [4.78, 5) is 39.5. The molecule has 0 fully saturated rings. The Morgan fingerprint density at radius 1 is 0.390 bits per heavy atom. The first-order valence-electron chi connectivity index (χ1n) is 26.3. The standard InChI is InChI=1S/C32H36N4O4.C31H35N3O3/c1-20-9-12-25(22(3)17-20)29-34-30(26-13-10-21(2)18-23(26)4)36-31(35-29)27-14-11-24(19-28(27)37)39-15-7-5-6-8-16-40-32(33)38;1-20-9-12-25(22(3)17-20)29-32-30(26-13-10-21(2)18-23(26)4)34-31(33-29)27-14-11-24(19-28(27)36)37-16-8-6-5-7-15-35/h9-14,17-19,37H,5-8,15-16H2,1-4H3,(H2,33,38);9-14,17-19,35-36H,5-8,15-16H2,1-4H3.